The first-order valence-electron chi connectivity index (χ1n) is 8.36. The van der Waals surface area contributed by atoms with E-state index in [1.54, 1.807) is 0 Å². The SMILES string of the molecule is [2H]C([2H])([2H])n1c(=O)n([C@@H]2CC[C@@H](NC(=O)OC)C2)c2cc(Cl)ncc21. The van der Waals surface area contributed by atoms with Crippen LogP contribution in [0.2, 0.25) is 5.15 Å². The minimum Gasteiger partial charge on any atom is -0.453 e. The number of aryl methyl sites for hydroxylation is 1. The van der Waals surface area contributed by atoms with E-state index in [4.69, 9.17) is 15.7 Å². The van der Waals surface area contributed by atoms with Crippen LogP contribution in [0.15, 0.2) is 17.1 Å². The van der Waals surface area contributed by atoms with E-state index in [1.807, 2.05) is 0 Å². The van der Waals surface area contributed by atoms with E-state index >= 15 is 0 Å². The van der Waals surface area contributed by atoms with E-state index in [0.29, 0.717) is 24.8 Å². The largest absolute Gasteiger partial charge is 0.453 e. The van der Waals surface area contributed by atoms with Gasteiger partial charge in [0.1, 0.15) is 5.15 Å². The van der Waals surface area contributed by atoms with E-state index in [1.165, 1.54) is 23.9 Å². The first-order valence-corrected chi connectivity index (χ1v) is 7.23. The summed E-state index contributed by atoms with van der Waals surface area (Å²) in [6, 6.07) is 1.09. The number of methoxy groups -OCH3 is 1. The van der Waals surface area contributed by atoms with Crippen molar-refractivity contribution in [2.24, 2.45) is 6.98 Å². The number of hydrogen-bond donors (Lipinski definition) is 1. The Labute approximate surface area is 136 Å². The molecule has 2 heterocycles. The van der Waals surface area contributed by atoms with Crippen molar-refractivity contribution in [3.8, 4) is 0 Å². The van der Waals surface area contributed by atoms with Gasteiger partial charge in [0.05, 0.1) is 24.3 Å². The van der Waals surface area contributed by atoms with Crippen molar-refractivity contribution in [3.05, 3.63) is 27.9 Å². The number of halogens is 1. The summed E-state index contributed by atoms with van der Waals surface area (Å²) in [5.74, 6) is 0. The first-order chi connectivity index (χ1) is 11.7. The number of imidazole rings is 1. The lowest BCUT2D eigenvalue weighted by atomic mass is 10.2. The van der Waals surface area contributed by atoms with E-state index in [0.717, 1.165) is 4.57 Å². The van der Waals surface area contributed by atoms with Crippen LogP contribution in [0.4, 0.5) is 4.79 Å². The average Bonchev–Trinajstić information content (AvgIpc) is 3.07. The van der Waals surface area contributed by atoms with Gasteiger partial charge >= 0.3 is 11.8 Å². The lowest BCUT2D eigenvalue weighted by molar-refractivity contribution is 0.166. The topological polar surface area (TPSA) is 78.2 Å². The third-order valence-corrected chi connectivity index (χ3v) is 4.21. The molecule has 7 nitrogen and oxygen atoms in total. The Kier molecular flexibility index (Phi) is 2.96. The molecule has 0 saturated heterocycles. The molecule has 2 atom stereocenters. The summed E-state index contributed by atoms with van der Waals surface area (Å²) in [6.07, 6.45) is 2.53. The van der Waals surface area contributed by atoms with Crippen LogP contribution in [0, 0.1) is 0 Å². The highest BCUT2D eigenvalue weighted by Gasteiger charge is 2.30. The van der Waals surface area contributed by atoms with Gasteiger partial charge in [-0.1, -0.05) is 11.6 Å². The van der Waals surface area contributed by atoms with Crippen molar-refractivity contribution in [2.75, 3.05) is 7.11 Å². The number of rotatable bonds is 2. The van der Waals surface area contributed by atoms with Crippen LogP contribution in [0.5, 0.6) is 0 Å². The van der Waals surface area contributed by atoms with Crippen LogP contribution >= 0.6 is 11.6 Å². The van der Waals surface area contributed by atoms with Crippen molar-refractivity contribution in [1.29, 1.82) is 0 Å². The molecule has 1 fully saturated rings. The van der Waals surface area contributed by atoms with E-state index < -0.39 is 18.8 Å². The molecule has 1 saturated carbocycles. The van der Waals surface area contributed by atoms with Gasteiger partial charge in [0, 0.05) is 29.2 Å². The Bertz CT molecular complexity index is 877. The Balaban J connectivity index is 2.05. The minimum atomic E-state index is -2.63. The van der Waals surface area contributed by atoms with Crippen LogP contribution in [0.3, 0.4) is 0 Å². The number of amides is 1. The van der Waals surface area contributed by atoms with Gasteiger partial charge in [0.2, 0.25) is 0 Å². The fraction of sp³-hybridized carbons (Fsp3) is 0.500. The van der Waals surface area contributed by atoms with E-state index in [-0.39, 0.29) is 22.8 Å². The molecule has 0 bridgehead atoms. The molecule has 1 N–H and O–H groups in total. The standard InChI is InChI=1S/C14H17ClN4O3/c1-18-11-7-16-12(15)6-10(11)19(14(18)21)9-4-3-8(5-9)17-13(20)22-2/h6-9H,3-5H2,1-2H3,(H,17,20)/t8-,9-/m1/s1/i1D3. The number of carbonyl (C=O) groups is 1. The maximum Gasteiger partial charge on any atom is 0.407 e. The van der Waals surface area contributed by atoms with Crippen LogP contribution in [0.1, 0.15) is 29.4 Å². The molecular formula is C14H17ClN4O3. The predicted molar refractivity (Wildman–Crippen MR) is 82.2 cm³/mol. The van der Waals surface area contributed by atoms with Gasteiger partial charge in [-0.2, -0.15) is 0 Å². The highest BCUT2D eigenvalue weighted by Crippen LogP contribution is 2.32. The molecule has 3 rings (SSSR count). The van der Waals surface area contributed by atoms with E-state index in [2.05, 4.69) is 15.0 Å². The fourth-order valence-corrected chi connectivity index (χ4v) is 3.15. The van der Waals surface area contributed by atoms with Crippen molar-refractivity contribution in [3.63, 3.8) is 0 Å². The maximum absolute atomic E-state index is 12.8. The highest BCUT2D eigenvalue weighted by atomic mass is 35.5. The maximum atomic E-state index is 12.8. The monoisotopic (exact) mass is 327 g/mol. The Hall–Kier alpha value is -2.02. The molecule has 1 amide bonds. The Morgan fingerprint density at radius 3 is 3.09 bits per heavy atom. The zero-order chi connectivity index (χ0) is 18.4. The minimum absolute atomic E-state index is 0.146. The molecule has 0 unspecified atom stereocenters. The zero-order valence-electron chi connectivity index (χ0n) is 14.9. The summed E-state index contributed by atoms with van der Waals surface area (Å²) < 4.78 is 29.7. The molecule has 1 aliphatic carbocycles. The normalized spacial score (nSPS) is 23.8. The fourth-order valence-electron chi connectivity index (χ4n) is 2.99. The van der Waals surface area contributed by atoms with Crippen molar-refractivity contribution < 1.29 is 13.6 Å². The van der Waals surface area contributed by atoms with Gasteiger partial charge in [-0.3, -0.25) is 9.13 Å². The average molecular weight is 328 g/mol. The van der Waals surface area contributed by atoms with Crippen LogP contribution in [-0.4, -0.2) is 33.4 Å². The van der Waals surface area contributed by atoms with Crippen molar-refractivity contribution in [1.82, 2.24) is 19.4 Å². The highest BCUT2D eigenvalue weighted by molar-refractivity contribution is 6.29. The van der Waals surface area contributed by atoms with Gasteiger partial charge in [-0.25, -0.2) is 14.6 Å². The Morgan fingerprint density at radius 2 is 2.36 bits per heavy atom. The summed E-state index contributed by atoms with van der Waals surface area (Å²) >= 11 is 5.94. The number of aromatic nitrogens is 3. The second kappa shape index (κ2) is 5.64. The van der Waals surface area contributed by atoms with Crippen LogP contribution in [-0.2, 0) is 11.7 Å². The number of ether oxygens (including phenoxy) is 1. The molecule has 0 radical (unpaired) electrons. The number of nitrogens with zero attached hydrogens (tertiary/aromatic N) is 3. The molecule has 118 valence electrons. The molecule has 2 aromatic rings. The van der Waals surface area contributed by atoms with Crippen molar-refractivity contribution >= 4 is 28.7 Å². The van der Waals surface area contributed by atoms with Gasteiger partial charge in [0.25, 0.3) is 0 Å². The number of nitrogens with one attached hydrogen (secondary N) is 1. The summed E-state index contributed by atoms with van der Waals surface area (Å²) in [6.45, 7) is -2.63. The number of hydrogen-bond acceptors (Lipinski definition) is 4. The zero-order valence-corrected chi connectivity index (χ0v) is 12.6. The van der Waals surface area contributed by atoms with Gasteiger partial charge in [-0.05, 0) is 19.3 Å². The van der Waals surface area contributed by atoms with Gasteiger partial charge in [0.15, 0.2) is 0 Å². The molecule has 0 spiro atoms. The lowest BCUT2D eigenvalue weighted by Gasteiger charge is -2.14. The molecule has 0 aromatic carbocycles. The predicted octanol–water partition coefficient (Wildman–Crippen LogP) is 1.84. The number of carbonyl (C=O) groups excluding carboxylic acids is 1. The molecule has 1 aliphatic rings. The Morgan fingerprint density at radius 1 is 1.55 bits per heavy atom. The smallest absolute Gasteiger partial charge is 0.407 e. The molecular weight excluding hydrogens is 308 g/mol. The summed E-state index contributed by atoms with van der Waals surface area (Å²) in [4.78, 5) is 28.1. The molecule has 0 aliphatic heterocycles. The second-order valence-electron chi connectivity index (χ2n) is 5.28. The summed E-state index contributed by atoms with van der Waals surface area (Å²) in [5.41, 5.74) is -0.00796. The molecule has 2 aromatic heterocycles. The number of alkyl carbamates (subject to hydrolysis) is 1. The van der Waals surface area contributed by atoms with Gasteiger partial charge < -0.3 is 10.1 Å². The van der Waals surface area contributed by atoms with Crippen LogP contribution < -0.4 is 11.0 Å². The quantitative estimate of drug-likeness (QED) is 0.854. The molecule has 8 heteroatoms. The third kappa shape index (κ3) is 2.45. The molecule has 22 heavy (non-hydrogen) atoms. The first kappa shape index (κ1) is 11.5. The van der Waals surface area contributed by atoms with Gasteiger partial charge in [-0.15, -0.1) is 0 Å². The van der Waals surface area contributed by atoms with Crippen molar-refractivity contribution in [2.45, 2.75) is 31.3 Å². The van der Waals surface area contributed by atoms with Crippen LogP contribution in [0.25, 0.3) is 11.0 Å². The summed E-state index contributed by atoms with van der Waals surface area (Å²) in [5, 5.41) is 2.88. The number of fused-ring (bicyclic) bond motifs is 1. The summed E-state index contributed by atoms with van der Waals surface area (Å²) in [7, 11) is 1.28. The lowest BCUT2D eigenvalue weighted by Crippen LogP contribution is -2.33. The second-order valence-corrected chi connectivity index (χ2v) is 5.67. The third-order valence-electron chi connectivity index (χ3n) is 4.00. The van der Waals surface area contributed by atoms with E-state index in [9.17, 15) is 9.59 Å². The number of pyridine rings is 1.